The molecule has 0 aliphatic carbocycles. The van der Waals surface area contributed by atoms with Gasteiger partial charge < -0.3 is 14.5 Å². The fourth-order valence-corrected chi connectivity index (χ4v) is 2.95. The maximum atomic E-state index is 11.8. The lowest BCUT2D eigenvalue weighted by Gasteiger charge is -2.15. The molecule has 1 rings (SSSR count). The summed E-state index contributed by atoms with van der Waals surface area (Å²) in [5.41, 5.74) is 0.956. The number of aliphatic carboxylic acids is 1. The Morgan fingerprint density at radius 2 is 2.16 bits per heavy atom. The van der Waals surface area contributed by atoms with Gasteiger partial charge in [-0.3, -0.25) is 4.79 Å². The number of carboxylic acid groups (broad SMARTS) is 1. The molecule has 0 aliphatic rings. The molecule has 1 unspecified atom stereocenters. The molecule has 0 spiro atoms. The molecule has 0 aromatic heterocycles. The molecule has 0 saturated carbocycles. The largest absolute Gasteiger partial charge is 0.481 e. The van der Waals surface area contributed by atoms with E-state index in [0.717, 1.165) is 9.13 Å². The van der Waals surface area contributed by atoms with E-state index in [9.17, 15) is 14.3 Å². The summed E-state index contributed by atoms with van der Waals surface area (Å²) in [4.78, 5) is 20.3. The van der Waals surface area contributed by atoms with Crippen molar-refractivity contribution < 1.29 is 23.9 Å². The molecule has 2 N–H and O–H groups in total. The molecule has 0 heterocycles. The molecule has 19 heavy (non-hydrogen) atoms. The Morgan fingerprint density at radius 1 is 1.53 bits per heavy atom. The van der Waals surface area contributed by atoms with E-state index in [4.69, 9.17) is 9.63 Å². The monoisotopic (exact) mass is 398 g/mol. The molecule has 0 amide bonds. The summed E-state index contributed by atoms with van der Waals surface area (Å²) in [6.45, 7) is 3.38. The van der Waals surface area contributed by atoms with Crippen molar-refractivity contribution in [2.24, 2.45) is 5.92 Å². The first-order valence-corrected chi connectivity index (χ1v) is 8.56. The number of hydrogen-bond donors (Lipinski definition) is 2. The van der Waals surface area contributed by atoms with E-state index in [-0.39, 0.29) is 12.6 Å². The third-order valence-corrected chi connectivity index (χ3v) is 5.17. The Hall–Kier alpha value is -0.590. The molecular formula is C12H16IO5P. The molecule has 1 aromatic rings. The summed E-state index contributed by atoms with van der Waals surface area (Å²) in [7, 11) is -3.81. The first-order chi connectivity index (χ1) is 8.71. The van der Waals surface area contributed by atoms with Crippen molar-refractivity contribution in [3.63, 3.8) is 0 Å². The van der Waals surface area contributed by atoms with Crippen molar-refractivity contribution in [2.45, 2.75) is 20.3 Å². The fourth-order valence-electron chi connectivity index (χ4n) is 1.36. The van der Waals surface area contributed by atoms with Gasteiger partial charge in [0.15, 0.2) is 0 Å². The zero-order valence-electron chi connectivity index (χ0n) is 10.7. The summed E-state index contributed by atoms with van der Waals surface area (Å²) in [6, 6.07) is 5.11. The van der Waals surface area contributed by atoms with Crippen LogP contribution in [-0.2, 0) is 9.36 Å². The Labute approximate surface area is 125 Å². The lowest BCUT2D eigenvalue weighted by atomic mass is 10.1. The van der Waals surface area contributed by atoms with E-state index in [1.807, 2.05) is 6.92 Å². The molecule has 0 saturated heterocycles. The highest BCUT2D eigenvalue weighted by molar-refractivity contribution is 14.1. The number of carboxylic acids is 1. The van der Waals surface area contributed by atoms with Gasteiger partial charge in [0.2, 0.25) is 0 Å². The van der Waals surface area contributed by atoms with Crippen LogP contribution >= 0.6 is 30.2 Å². The van der Waals surface area contributed by atoms with Gasteiger partial charge in [-0.1, -0.05) is 6.92 Å². The van der Waals surface area contributed by atoms with Gasteiger partial charge in [0.05, 0.1) is 12.1 Å². The second-order valence-electron chi connectivity index (χ2n) is 4.39. The molecular weight excluding hydrogens is 382 g/mol. The van der Waals surface area contributed by atoms with E-state index in [0.29, 0.717) is 5.75 Å². The zero-order valence-corrected chi connectivity index (χ0v) is 13.7. The van der Waals surface area contributed by atoms with Crippen LogP contribution in [0, 0.1) is 16.4 Å². The molecule has 0 bridgehead atoms. The maximum absolute atomic E-state index is 11.8. The number of halogens is 1. The molecule has 0 fully saturated rings. The van der Waals surface area contributed by atoms with E-state index < -0.39 is 19.5 Å². The number of benzene rings is 1. The highest BCUT2D eigenvalue weighted by Gasteiger charge is 2.24. The molecule has 5 nitrogen and oxygen atoms in total. The summed E-state index contributed by atoms with van der Waals surface area (Å²) in [5.74, 6) is -1.32. The van der Waals surface area contributed by atoms with Gasteiger partial charge in [-0.25, -0.2) is 4.57 Å². The highest BCUT2D eigenvalue weighted by Crippen LogP contribution is 2.44. The average molecular weight is 398 g/mol. The summed E-state index contributed by atoms with van der Waals surface area (Å²) in [6.07, 6.45) is -0.0715. The van der Waals surface area contributed by atoms with E-state index in [1.54, 1.807) is 18.2 Å². The maximum Gasteiger partial charge on any atom is 0.376 e. The van der Waals surface area contributed by atoms with Crippen molar-refractivity contribution >= 4 is 36.2 Å². The van der Waals surface area contributed by atoms with Gasteiger partial charge in [0.25, 0.3) is 0 Å². The van der Waals surface area contributed by atoms with Crippen molar-refractivity contribution in [3.8, 4) is 5.75 Å². The Bertz CT molecular complexity index is 517. The number of aryl methyl sites for hydroxylation is 1. The SMILES string of the molecule is Cc1cc(OP(=O)(O)CC[C@H](C)C(=O)O)ccc1I. The second-order valence-corrected chi connectivity index (χ2v) is 7.46. The zero-order chi connectivity index (χ0) is 14.6. The third kappa shape index (κ3) is 5.50. The summed E-state index contributed by atoms with van der Waals surface area (Å²) >= 11 is 2.16. The van der Waals surface area contributed by atoms with Gasteiger partial charge in [0.1, 0.15) is 5.75 Å². The van der Waals surface area contributed by atoms with Gasteiger partial charge in [-0.15, -0.1) is 0 Å². The highest BCUT2D eigenvalue weighted by atomic mass is 127. The van der Waals surface area contributed by atoms with Crippen LogP contribution in [0.2, 0.25) is 0 Å². The first-order valence-electron chi connectivity index (χ1n) is 5.71. The fraction of sp³-hybridized carbons (Fsp3) is 0.417. The van der Waals surface area contributed by atoms with Crippen LogP contribution in [0.5, 0.6) is 5.75 Å². The molecule has 7 heteroatoms. The summed E-state index contributed by atoms with van der Waals surface area (Å²) in [5, 5.41) is 8.72. The third-order valence-electron chi connectivity index (χ3n) is 2.64. The molecule has 106 valence electrons. The predicted molar refractivity (Wildman–Crippen MR) is 80.6 cm³/mol. The van der Waals surface area contributed by atoms with E-state index >= 15 is 0 Å². The number of rotatable bonds is 6. The molecule has 2 atom stereocenters. The number of hydrogen-bond acceptors (Lipinski definition) is 3. The van der Waals surface area contributed by atoms with Crippen molar-refractivity contribution in [1.29, 1.82) is 0 Å². The van der Waals surface area contributed by atoms with Crippen molar-refractivity contribution in [3.05, 3.63) is 27.3 Å². The molecule has 1 aromatic carbocycles. The van der Waals surface area contributed by atoms with E-state index in [1.165, 1.54) is 6.92 Å². The van der Waals surface area contributed by atoms with Crippen LogP contribution in [0.15, 0.2) is 18.2 Å². The number of carbonyl (C=O) groups is 1. The van der Waals surface area contributed by atoms with Gasteiger partial charge in [-0.2, -0.15) is 0 Å². The minimum atomic E-state index is -3.81. The van der Waals surface area contributed by atoms with Crippen LogP contribution in [0.4, 0.5) is 0 Å². The van der Waals surface area contributed by atoms with Gasteiger partial charge in [-0.05, 0) is 59.7 Å². The smallest absolute Gasteiger partial charge is 0.376 e. The average Bonchev–Trinajstić information content (AvgIpc) is 2.30. The van der Waals surface area contributed by atoms with Crippen LogP contribution in [0.3, 0.4) is 0 Å². The lowest BCUT2D eigenvalue weighted by molar-refractivity contribution is -0.141. The van der Waals surface area contributed by atoms with Crippen molar-refractivity contribution in [2.75, 3.05) is 6.16 Å². The van der Waals surface area contributed by atoms with Crippen LogP contribution in [-0.4, -0.2) is 22.1 Å². The quantitative estimate of drug-likeness (QED) is 0.568. The van der Waals surface area contributed by atoms with Crippen LogP contribution in [0.1, 0.15) is 18.9 Å². The lowest BCUT2D eigenvalue weighted by Crippen LogP contribution is -2.12. The predicted octanol–water partition coefficient (Wildman–Crippen LogP) is 3.27. The van der Waals surface area contributed by atoms with E-state index in [2.05, 4.69) is 22.6 Å². The minimum absolute atomic E-state index is 0.104. The first kappa shape index (κ1) is 16.5. The van der Waals surface area contributed by atoms with Gasteiger partial charge >= 0.3 is 13.6 Å². The normalized spacial score (nSPS) is 15.6. The van der Waals surface area contributed by atoms with Crippen LogP contribution in [0.25, 0.3) is 0 Å². The topological polar surface area (TPSA) is 83.8 Å². The molecule has 0 aliphatic heterocycles. The van der Waals surface area contributed by atoms with Crippen molar-refractivity contribution in [1.82, 2.24) is 0 Å². The standard InChI is InChI=1S/C12H16IO5P/c1-8(12(14)15)5-6-19(16,17)18-10-3-4-11(13)9(2)7-10/h3-4,7-8H,5-6H2,1-2H3,(H,14,15)(H,16,17)/t8-/m0/s1. The van der Waals surface area contributed by atoms with Gasteiger partial charge in [0, 0.05) is 3.57 Å². The Morgan fingerprint density at radius 3 is 2.68 bits per heavy atom. The Kier molecular flexibility index (Phi) is 5.82. The van der Waals surface area contributed by atoms with Crippen LogP contribution < -0.4 is 4.52 Å². The minimum Gasteiger partial charge on any atom is -0.481 e. The Balaban J connectivity index is 2.66. The molecule has 0 radical (unpaired) electrons. The second kappa shape index (κ2) is 6.72. The summed E-state index contributed by atoms with van der Waals surface area (Å²) < 4.78 is 18.0.